The van der Waals surface area contributed by atoms with Crippen LogP contribution in [0.15, 0.2) is 24.3 Å². The maximum absolute atomic E-state index is 10.4. The summed E-state index contributed by atoms with van der Waals surface area (Å²) in [5, 5.41) is 11.5. The van der Waals surface area contributed by atoms with Gasteiger partial charge in [-0.15, -0.1) is 0 Å². The number of aliphatic carboxylic acids is 1. The third-order valence-corrected chi connectivity index (χ3v) is 1.89. The number of aryl methyl sites for hydroxylation is 1. The first-order chi connectivity index (χ1) is 6.59. The molecule has 0 radical (unpaired) electrons. The Labute approximate surface area is 82.7 Å². The van der Waals surface area contributed by atoms with E-state index in [0.29, 0.717) is 0 Å². The van der Waals surface area contributed by atoms with E-state index in [1.807, 2.05) is 31.2 Å². The van der Waals surface area contributed by atoms with Crippen LogP contribution < -0.4 is 11.1 Å². The number of rotatable bonds is 4. The predicted octanol–water partition coefficient (Wildman–Crippen LogP) is 0.819. The number of hydrogen-bond acceptors (Lipinski definition) is 3. The van der Waals surface area contributed by atoms with Crippen LogP contribution in [0.2, 0.25) is 0 Å². The summed E-state index contributed by atoms with van der Waals surface area (Å²) in [4.78, 5) is 10.4. The fraction of sp³-hybridized carbons (Fsp3) is 0.300. The highest BCUT2D eigenvalue weighted by atomic mass is 16.4. The second kappa shape index (κ2) is 4.62. The van der Waals surface area contributed by atoms with Gasteiger partial charge in [-0.05, 0) is 19.1 Å². The molecule has 4 N–H and O–H groups in total. The molecular weight excluding hydrogens is 180 g/mol. The number of carboxylic acid groups (broad SMARTS) is 1. The highest BCUT2D eigenvalue weighted by Gasteiger charge is 2.09. The van der Waals surface area contributed by atoms with E-state index in [9.17, 15) is 4.79 Å². The number of anilines is 1. The number of nitrogens with two attached hydrogens (primary N) is 1. The molecule has 1 unspecified atom stereocenters. The van der Waals surface area contributed by atoms with E-state index in [1.54, 1.807) is 0 Å². The van der Waals surface area contributed by atoms with E-state index in [1.165, 1.54) is 0 Å². The number of carbonyl (C=O) groups is 1. The Morgan fingerprint density at radius 1 is 1.50 bits per heavy atom. The molecule has 1 rings (SSSR count). The molecule has 4 heteroatoms. The number of nitrogens with one attached hydrogen (secondary N) is 1. The molecule has 1 aromatic carbocycles. The molecule has 0 fully saturated rings. The first-order valence-corrected chi connectivity index (χ1v) is 4.38. The zero-order chi connectivity index (χ0) is 10.6. The molecule has 4 nitrogen and oxygen atoms in total. The van der Waals surface area contributed by atoms with Gasteiger partial charge in [0.1, 0.15) is 6.04 Å². The van der Waals surface area contributed by atoms with Crippen LogP contribution in [0.25, 0.3) is 0 Å². The maximum Gasteiger partial charge on any atom is 0.322 e. The second-order valence-corrected chi connectivity index (χ2v) is 3.19. The van der Waals surface area contributed by atoms with E-state index in [-0.39, 0.29) is 6.54 Å². The summed E-state index contributed by atoms with van der Waals surface area (Å²) >= 11 is 0. The average Bonchev–Trinajstić information content (AvgIpc) is 2.16. The van der Waals surface area contributed by atoms with Crippen molar-refractivity contribution in [3.05, 3.63) is 29.8 Å². The van der Waals surface area contributed by atoms with Crippen LogP contribution in [0.4, 0.5) is 5.69 Å². The monoisotopic (exact) mass is 194 g/mol. The molecule has 1 atom stereocenters. The van der Waals surface area contributed by atoms with Crippen LogP contribution in [-0.4, -0.2) is 23.7 Å². The Hall–Kier alpha value is -1.55. The number of hydrogen-bond donors (Lipinski definition) is 3. The molecule has 0 aromatic heterocycles. The van der Waals surface area contributed by atoms with Gasteiger partial charge in [0.15, 0.2) is 0 Å². The van der Waals surface area contributed by atoms with E-state index < -0.39 is 12.0 Å². The van der Waals surface area contributed by atoms with Gasteiger partial charge in [-0.25, -0.2) is 0 Å². The van der Waals surface area contributed by atoms with Gasteiger partial charge in [-0.3, -0.25) is 4.79 Å². The van der Waals surface area contributed by atoms with Crippen LogP contribution >= 0.6 is 0 Å². The maximum atomic E-state index is 10.4. The summed E-state index contributed by atoms with van der Waals surface area (Å²) in [6.07, 6.45) is 0. The lowest BCUT2D eigenvalue weighted by molar-refractivity contribution is -0.138. The van der Waals surface area contributed by atoms with Crippen molar-refractivity contribution in [1.82, 2.24) is 0 Å². The summed E-state index contributed by atoms with van der Waals surface area (Å²) < 4.78 is 0. The van der Waals surface area contributed by atoms with Gasteiger partial charge in [-0.2, -0.15) is 0 Å². The minimum atomic E-state index is -0.996. The van der Waals surface area contributed by atoms with Crippen molar-refractivity contribution in [2.75, 3.05) is 11.9 Å². The van der Waals surface area contributed by atoms with Gasteiger partial charge in [0.05, 0.1) is 0 Å². The molecule has 0 aliphatic rings. The van der Waals surface area contributed by atoms with E-state index in [4.69, 9.17) is 10.8 Å². The predicted molar refractivity (Wildman–Crippen MR) is 55.3 cm³/mol. The SMILES string of the molecule is Cc1ccc(NCC(N)C(=O)O)cc1. The van der Waals surface area contributed by atoms with E-state index in [2.05, 4.69) is 5.32 Å². The highest BCUT2D eigenvalue weighted by Crippen LogP contribution is 2.07. The van der Waals surface area contributed by atoms with Crippen LogP contribution in [0.1, 0.15) is 5.56 Å². The fourth-order valence-electron chi connectivity index (χ4n) is 0.987. The van der Waals surface area contributed by atoms with Crippen LogP contribution in [0.3, 0.4) is 0 Å². The summed E-state index contributed by atoms with van der Waals surface area (Å²) in [6, 6.07) is 6.83. The highest BCUT2D eigenvalue weighted by molar-refractivity contribution is 5.74. The normalized spacial score (nSPS) is 12.1. The molecule has 76 valence electrons. The van der Waals surface area contributed by atoms with Gasteiger partial charge >= 0.3 is 5.97 Å². The van der Waals surface area contributed by atoms with Crippen molar-refractivity contribution in [3.63, 3.8) is 0 Å². The molecule has 0 aliphatic carbocycles. The Morgan fingerprint density at radius 2 is 2.07 bits per heavy atom. The van der Waals surface area contributed by atoms with Gasteiger partial charge in [0.2, 0.25) is 0 Å². The van der Waals surface area contributed by atoms with Crippen LogP contribution in [0.5, 0.6) is 0 Å². The lowest BCUT2D eigenvalue weighted by Gasteiger charge is -2.09. The topological polar surface area (TPSA) is 75.3 Å². The number of benzene rings is 1. The first-order valence-electron chi connectivity index (χ1n) is 4.38. The average molecular weight is 194 g/mol. The van der Waals surface area contributed by atoms with Crippen molar-refractivity contribution in [2.24, 2.45) is 5.73 Å². The van der Waals surface area contributed by atoms with Crippen molar-refractivity contribution >= 4 is 11.7 Å². The third kappa shape index (κ3) is 3.06. The van der Waals surface area contributed by atoms with Crippen molar-refractivity contribution in [2.45, 2.75) is 13.0 Å². The van der Waals surface area contributed by atoms with Crippen LogP contribution in [-0.2, 0) is 4.79 Å². The summed E-state index contributed by atoms with van der Waals surface area (Å²) in [5.41, 5.74) is 7.38. The Morgan fingerprint density at radius 3 is 2.57 bits per heavy atom. The third-order valence-electron chi connectivity index (χ3n) is 1.89. The molecule has 0 bridgehead atoms. The van der Waals surface area contributed by atoms with Crippen LogP contribution in [0, 0.1) is 6.92 Å². The van der Waals surface area contributed by atoms with E-state index in [0.717, 1.165) is 11.3 Å². The van der Waals surface area contributed by atoms with Crippen molar-refractivity contribution in [1.29, 1.82) is 0 Å². The Kier molecular flexibility index (Phi) is 3.48. The molecule has 14 heavy (non-hydrogen) atoms. The molecule has 0 aliphatic heterocycles. The fourth-order valence-corrected chi connectivity index (χ4v) is 0.987. The van der Waals surface area contributed by atoms with Gasteiger partial charge in [0, 0.05) is 12.2 Å². The lowest BCUT2D eigenvalue weighted by atomic mass is 10.2. The first kappa shape index (κ1) is 10.5. The molecule has 0 heterocycles. The van der Waals surface area contributed by atoms with E-state index >= 15 is 0 Å². The zero-order valence-corrected chi connectivity index (χ0v) is 8.03. The molecule has 0 saturated carbocycles. The lowest BCUT2D eigenvalue weighted by Crippen LogP contribution is -2.36. The largest absolute Gasteiger partial charge is 0.480 e. The van der Waals surface area contributed by atoms with Gasteiger partial charge in [0.25, 0.3) is 0 Å². The minimum Gasteiger partial charge on any atom is -0.480 e. The molecule has 1 aromatic rings. The Balaban J connectivity index is 2.46. The molecule has 0 amide bonds. The molecule has 0 saturated heterocycles. The minimum absolute atomic E-state index is 0.235. The standard InChI is InChI=1S/C10H14N2O2/c1-7-2-4-8(5-3-7)12-6-9(11)10(13)14/h2-5,9,12H,6,11H2,1H3,(H,13,14). The quantitative estimate of drug-likeness (QED) is 0.663. The second-order valence-electron chi connectivity index (χ2n) is 3.19. The van der Waals surface area contributed by atoms with Gasteiger partial charge < -0.3 is 16.2 Å². The summed E-state index contributed by atoms with van der Waals surface area (Å²) in [6.45, 7) is 2.23. The van der Waals surface area contributed by atoms with Crippen molar-refractivity contribution < 1.29 is 9.90 Å². The summed E-state index contributed by atoms with van der Waals surface area (Å²) in [7, 11) is 0. The zero-order valence-electron chi connectivity index (χ0n) is 8.03. The molecular formula is C10H14N2O2. The Bertz CT molecular complexity index is 308. The molecule has 0 spiro atoms. The van der Waals surface area contributed by atoms with Crippen molar-refractivity contribution in [3.8, 4) is 0 Å². The number of carboxylic acids is 1. The summed E-state index contributed by atoms with van der Waals surface area (Å²) in [5.74, 6) is -0.996. The smallest absolute Gasteiger partial charge is 0.322 e. The van der Waals surface area contributed by atoms with Gasteiger partial charge in [-0.1, -0.05) is 17.7 Å².